The van der Waals surface area contributed by atoms with Crippen LogP contribution in [0.3, 0.4) is 0 Å². The number of rotatable bonds is 12. The fourth-order valence-corrected chi connectivity index (χ4v) is 3.40. The molecule has 176 valence electrons. The monoisotopic (exact) mass is 463 g/mol. The average Bonchev–Trinajstić information content (AvgIpc) is 3.23. The highest BCUT2D eigenvalue weighted by molar-refractivity contribution is 5.85. The molecule has 0 spiro atoms. The van der Waals surface area contributed by atoms with Gasteiger partial charge in [0, 0.05) is 32.0 Å². The Hall–Kier alpha value is -1.81. The van der Waals surface area contributed by atoms with Gasteiger partial charge in [0.15, 0.2) is 11.6 Å². The molecular weight excluding hydrogens is 432 g/mol. The number of carbonyl (C=O) groups excluding carboxylic acids is 1. The third-order valence-corrected chi connectivity index (χ3v) is 5.26. The van der Waals surface area contributed by atoms with Crippen LogP contribution in [0.5, 0.6) is 5.75 Å². The second-order valence-electron chi connectivity index (χ2n) is 7.35. The average molecular weight is 464 g/mol. The standard InChI is InChI=1S/C21H31F2N3O4.ClH/c1-26(10-12-28-2)11-13-30-17-7-6-16(18(22)19(17)23)14-24-15-25-21(20(27)29-3)8-4-5-9-21;/h6-7,14,25H,4-5,8-13,15H2,1-3H3;1H. The van der Waals surface area contributed by atoms with Crippen molar-refractivity contribution in [3.05, 3.63) is 29.3 Å². The van der Waals surface area contributed by atoms with Crippen molar-refractivity contribution >= 4 is 24.6 Å². The SMILES string of the molecule is COCCN(C)CCOc1ccc(C=NCNC2(C(=O)OC)CCCC2)c(F)c1F.Cl. The minimum atomic E-state index is -1.05. The van der Waals surface area contributed by atoms with Crippen molar-refractivity contribution < 1.29 is 27.8 Å². The van der Waals surface area contributed by atoms with Gasteiger partial charge in [0.05, 0.1) is 20.4 Å². The number of benzene rings is 1. The molecule has 0 aromatic heterocycles. The summed E-state index contributed by atoms with van der Waals surface area (Å²) >= 11 is 0. The van der Waals surface area contributed by atoms with E-state index in [1.807, 2.05) is 11.9 Å². The molecule has 31 heavy (non-hydrogen) atoms. The zero-order valence-electron chi connectivity index (χ0n) is 18.3. The van der Waals surface area contributed by atoms with E-state index < -0.39 is 17.2 Å². The Morgan fingerprint density at radius 1 is 1.19 bits per heavy atom. The number of hydrogen-bond acceptors (Lipinski definition) is 7. The van der Waals surface area contributed by atoms with E-state index >= 15 is 0 Å². The van der Waals surface area contributed by atoms with Crippen LogP contribution >= 0.6 is 12.4 Å². The molecular formula is C21H32ClF2N3O4. The zero-order valence-corrected chi connectivity index (χ0v) is 19.1. The van der Waals surface area contributed by atoms with Crippen LogP contribution in [0.1, 0.15) is 31.2 Å². The zero-order chi connectivity index (χ0) is 22.0. The summed E-state index contributed by atoms with van der Waals surface area (Å²) in [5, 5.41) is 3.09. The van der Waals surface area contributed by atoms with E-state index in [1.54, 1.807) is 7.11 Å². The molecule has 0 amide bonds. The Kier molecular flexibility index (Phi) is 11.9. The smallest absolute Gasteiger partial charge is 0.326 e. The highest BCUT2D eigenvalue weighted by Crippen LogP contribution is 2.30. The van der Waals surface area contributed by atoms with Crippen LogP contribution in [0, 0.1) is 11.6 Å². The molecule has 1 N–H and O–H groups in total. The minimum absolute atomic E-state index is 0. The molecule has 2 rings (SSSR count). The van der Waals surface area contributed by atoms with Crippen molar-refractivity contribution in [3.8, 4) is 5.75 Å². The topological polar surface area (TPSA) is 72.4 Å². The first-order valence-corrected chi connectivity index (χ1v) is 10.0. The van der Waals surface area contributed by atoms with Crippen molar-refractivity contribution in [1.82, 2.24) is 10.2 Å². The molecule has 0 saturated heterocycles. The van der Waals surface area contributed by atoms with E-state index in [4.69, 9.17) is 14.2 Å². The highest BCUT2D eigenvalue weighted by Gasteiger charge is 2.41. The molecule has 1 aliphatic rings. The summed E-state index contributed by atoms with van der Waals surface area (Å²) in [6.07, 6.45) is 4.44. The minimum Gasteiger partial charge on any atom is -0.489 e. The van der Waals surface area contributed by atoms with Gasteiger partial charge in [0.2, 0.25) is 5.82 Å². The molecule has 1 saturated carbocycles. The first-order chi connectivity index (χ1) is 14.4. The first kappa shape index (κ1) is 27.2. The normalized spacial score (nSPS) is 15.3. The molecule has 0 heterocycles. The van der Waals surface area contributed by atoms with E-state index in [0.29, 0.717) is 26.0 Å². The van der Waals surface area contributed by atoms with Gasteiger partial charge in [-0.2, -0.15) is 4.39 Å². The lowest BCUT2D eigenvalue weighted by atomic mass is 9.98. The second-order valence-corrected chi connectivity index (χ2v) is 7.35. The van der Waals surface area contributed by atoms with Gasteiger partial charge >= 0.3 is 5.97 Å². The van der Waals surface area contributed by atoms with Crippen LogP contribution < -0.4 is 10.1 Å². The summed E-state index contributed by atoms with van der Waals surface area (Å²) in [7, 11) is 4.87. The molecule has 0 bridgehead atoms. The van der Waals surface area contributed by atoms with Crippen molar-refractivity contribution in [3.63, 3.8) is 0 Å². The summed E-state index contributed by atoms with van der Waals surface area (Å²) < 4.78 is 43.8. The molecule has 0 radical (unpaired) electrons. The van der Waals surface area contributed by atoms with E-state index in [-0.39, 0.29) is 43.0 Å². The summed E-state index contributed by atoms with van der Waals surface area (Å²) in [4.78, 5) is 18.1. The van der Waals surface area contributed by atoms with Crippen LogP contribution in [-0.2, 0) is 14.3 Å². The van der Waals surface area contributed by atoms with Crippen LogP contribution in [0.2, 0.25) is 0 Å². The maximum atomic E-state index is 14.3. The third-order valence-electron chi connectivity index (χ3n) is 5.26. The number of hydrogen-bond donors (Lipinski definition) is 1. The van der Waals surface area contributed by atoms with Gasteiger partial charge in [-0.05, 0) is 32.0 Å². The number of methoxy groups -OCH3 is 2. The Bertz CT molecular complexity index is 731. The quantitative estimate of drug-likeness (QED) is 0.379. The number of nitrogens with zero attached hydrogens (tertiary/aromatic N) is 2. The lowest BCUT2D eigenvalue weighted by Crippen LogP contribution is -2.50. The Labute approximate surface area is 188 Å². The van der Waals surface area contributed by atoms with Crippen LogP contribution in [0.15, 0.2) is 17.1 Å². The van der Waals surface area contributed by atoms with E-state index in [1.165, 1.54) is 25.5 Å². The van der Waals surface area contributed by atoms with Gasteiger partial charge in [-0.25, -0.2) is 4.39 Å². The molecule has 1 fully saturated rings. The number of likely N-dealkylation sites (N-methyl/N-ethyl adjacent to an activating group) is 1. The molecule has 1 aromatic rings. The Morgan fingerprint density at radius 3 is 2.52 bits per heavy atom. The summed E-state index contributed by atoms with van der Waals surface area (Å²) in [5.41, 5.74) is -0.735. The lowest BCUT2D eigenvalue weighted by Gasteiger charge is -2.26. The lowest BCUT2D eigenvalue weighted by molar-refractivity contribution is -0.148. The van der Waals surface area contributed by atoms with E-state index in [0.717, 1.165) is 19.4 Å². The summed E-state index contributed by atoms with van der Waals surface area (Å²) in [5.74, 6) is -2.53. The number of aliphatic imine (C=N–C) groups is 1. The number of ether oxygens (including phenoxy) is 3. The largest absolute Gasteiger partial charge is 0.489 e. The predicted molar refractivity (Wildman–Crippen MR) is 117 cm³/mol. The van der Waals surface area contributed by atoms with Crippen LogP contribution in [0.4, 0.5) is 8.78 Å². The molecule has 0 aliphatic heterocycles. The Balaban J connectivity index is 0.00000480. The van der Waals surface area contributed by atoms with Crippen LogP contribution in [0.25, 0.3) is 0 Å². The van der Waals surface area contributed by atoms with Crippen molar-refractivity contribution in [1.29, 1.82) is 0 Å². The maximum absolute atomic E-state index is 14.3. The molecule has 0 unspecified atom stereocenters. The second kappa shape index (κ2) is 13.6. The number of nitrogens with one attached hydrogen (secondary N) is 1. The van der Waals surface area contributed by atoms with Gasteiger partial charge < -0.3 is 19.1 Å². The van der Waals surface area contributed by atoms with Gasteiger partial charge in [-0.15, -0.1) is 12.4 Å². The van der Waals surface area contributed by atoms with Gasteiger partial charge in [0.1, 0.15) is 12.1 Å². The van der Waals surface area contributed by atoms with Crippen molar-refractivity contribution in [2.75, 3.05) is 54.2 Å². The fourth-order valence-electron chi connectivity index (χ4n) is 3.40. The maximum Gasteiger partial charge on any atom is 0.326 e. The number of esters is 1. The van der Waals surface area contributed by atoms with Gasteiger partial charge in [-0.3, -0.25) is 15.1 Å². The first-order valence-electron chi connectivity index (χ1n) is 10.0. The van der Waals surface area contributed by atoms with Crippen molar-refractivity contribution in [2.24, 2.45) is 4.99 Å². The fraction of sp³-hybridized carbons (Fsp3) is 0.619. The third kappa shape index (κ3) is 7.68. The highest BCUT2D eigenvalue weighted by atomic mass is 35.5. The molecule has 7 nitrogen and oxygen atoms in total. The number of carbonyl (C=O) groups is 1. The van der Waals surface area contributed by atoms with Crippen LogP contribution in [-0.4, -0.2) is 76.9 Å². The molecule has 1 aromatic carbocycles. The Morgan fingerprint density at radius 2 is 1.87 bits per heavy atom. The molecule has 1 aliphatic carbocycles. The summed E-state index contributed by atoms with van der Waals surface area (Å²) in [6.45, 7) is 2.19. The van der Waals surface area contributed by atoms with Crippen molar-refractivity contribution in [2.45, 2.75) is 31.2 Å². The van der Waals surface area contributed by atoms with E-state index in [9.17, 15) is 13.6 Å². The predicted octanol–water partition coefficient (Wildman–Crippen LogP) is 2.80. The van der Waals surface area contributed by atoms with E-state index in [2.05, 4.69) is 10.3 Å². The summed E-state index contributed by atoms with van der Waals surface area (Å²) in [6, 6.07) is 2.80. The molecule has 0 atom stereocenters. The van der Waals surface area contributed by atoms with Gasteiger partial charge in [-0.1, -0.05) is 12.8 Å². The number of halogens is 3. The molecule has 10 heteroatoms. The van der Waals surface area contributed by atoms with Gasteiger partial charge in [0.25, 0.3) is 0 Å².